The van der Waals surface area contributed by atoms with Crippen molar-refractivity contribution in [3.8, 4) is 0 Å². The molecule has 3 aromatic heterocycles. The van der Waals surface area contributed by atoms with Gasteiger partial charge in [0.2, 0.25) is 0 Å². The number of Topliss-reactive ketones (excluding diaryl/α,β-unsaturated/α-hetero) is 2. The predicted molar refractivity (Wildman–Crippen MR) is 78.3 cm³/mol. The molecule has 0 spiro atoms. The van der Waals surface area contributed by atoms with Crippen molar-refractivity contribution >= 4 is 44.3 Å². The first kappa shape index (κ1) is 13.1. The largest absolute Gasteiger partial charge is 0.294 e. The maximum Gasteiger partial charge on any atom is 0.180 e. The summed E-state index contributed by atoms with van der Waals surface area (Å²) in [6.45, 7) is 0. The maximum atomic E-state index is 12.2. The highest BCUT2D eigenvalue weighted by molar-refractivity contribution is 9.11. The smallest absolute Gasteiger partial charge is 0.180 e. The topological polar surface area (TPSA) is 64.3 Å². The first-order valence-electron chi connectivity index (χ1n) is 5.74. The normalized spacial score (nSPS) is 10.8. The van der Waals surface area contributed by atoms with Crippen LogP contribution in [-0.2, 0) is 0 Å². The second kappa shape index (κ2) is 5.26. The number of halogens is 1. The maximum absolute atomic E-state index is 12.2. The lowest BCUT2D eigenvalue weighted by atomic mass is 10.1. The molecule has 0 unspecified atom stereocenters. The highest BCUT2D eigenvalue weighted by Gasteiger charge is 2.18. The van der Waals surface area contributed by atoms with Gasteiger partial charge in [0, 0.05) is 12.4 Å². The molecule has 0 N–H and O–H groups in total. The van der Waals surface area contributed by atoms with Crippen LogP contribution < -0.4 is 0 Å². The minimum atomic E-state index is -0.248. The average molecular weight is 350 g/mol. The Balaban J connectivity index is 1.84. The van der Waals surface area contributed by atoms with Crippen LogP contribution >= 0.6 is 27.3 Å². The molecule has 20 heavy (non-hydrogen) atoms. The molecule has 0 aliphatic heterocycles. The number of rotatable bonds is 4. The Labute approximate surface area is 126 Å². The van der Waals surface area contributed by atoms with E-state index in [0.717, 1.165) is 3.79 Å². The Morgan fingerprint density at radius 3 is 2.85 bits per heavy atom. The van der Waals surface area contributed by atoms with Gasteiger partial charge >= 0.3 is 0 Å². The summed E-state index contributed by atoms with van der Waals surface area (Å²) in [5, 5.41) is 4.06. The van der Waals surface area contributed by atoms with E-state index in [1.165, 1.54) is 17.5 Å². The zero-order valence-electron chi connectivity index (χ0n) is 10.1. The minimum Gasteiger partial charge on any atom is -0.294 e. The van der Waals surface area contributed by atoms with Gasteiger partial charge in [-0.15, -0.1) is 11.3 Å². The first-order valence-corrected chi connectivity index (χ1v) is 7.35. The van der Waals surface area contributed by atoms with Crippen LogP contribution in [0.3, 0.4) is 0 Å². The number of hydrogen-bond donors (Lipinski definition) is 0. The van der Waals surface area contributed by atoms with Crippen LogP contribution in [0.25, 0.3) is 5.52 Å². The van der Waals surface area contributed by atoms with Crippen LogP contribution in [0, 0.1) is 0 Å². The summed E-state index contributed by atoms with van der Waals surface area (Å²) in [5.41, 5.74) is 1.03. The Hall–Kier alpha value is -1.86. The van der Waals surface area contributed by atoms with E-state index in [2.05, 4.69) is 26.0 Å². The van der Waals surface area contributed by atoms with E-state index in [4.69, 9.17) is 0 Å². The Morgan fingerprint density at radius 1 is 1.25 bits per heavy atom. The lowest BCUT2D eigenvalue weighted by molar-refractivity contribution is 0.0897. The van der Waals surface area contributed by atoms with Gasteiger partial charge in [0.1, 0.15) is 0 Å². The fraction of sp³-hybridized carbons (Fsp3) is 0.0769. The van der Waals surface area contributed by atoms with Crippen LogP contribution in [0.2, 0.25) is 0 Å². The molecule has 0 atom stereocenters. The van der Waals surface area contributed by atoms with Gasteiger partial charge in [-0.2, -0.15) is 5.10 Å². The lowest BCUT2D eigenvalue weighted by Gasteiger charge is -1.97. The van der Waals surface area contributed by atoms with Gasteiger partial charge in [-0.05, 0) is 28.1 Å². The molecule has 3 rings (SSSR count). The third-order valence-corrected chi connectivity index (χ3v) is 4.46. The molecule has 0 aliphatic rings. The first-order chi connectivity index (χ1) is 9.65. The molecule has 3 aromatic rings. The van der Waals surface area contributed by atoms with E-state index in [0.29, 0.717) is 16.0 Å². The summed E-state index contributed by atoms with van der Waals surface area (Å²) >= 11 is 4.62. The van der Waals surface area contributed by atoms with Gasteiger partial charge in [0.15, 0.2) is 11.6 Å². The number of ketones is 2. The van der Waals surface area contributed by atoms with Crippen molar-refractivity contribution in [1.82, 2.24) is 14.6 Å². The zero-order valence-corrected chi connectivity index (χ0v) is 12.5. The predicted octanol–water partition coefficient (Wildman–Crippen LogP) is 3.01. The van der Waals surface area contributed by atoms with Crippen molar-refractivity contribution in [3.63, 3.8) is 0 Å². The van der Waals surface area contributed by atoms with Crippen molar-refractivity contribution in [3.05, 3.63) is 51.1 Å². The summed E-state index contributed by atoms with van der Waals surface area (Å²) in [6.07, 6.45) is 6.11. The van der Waals surface area contributed by atoms with E-state index < -0.39 is 0 Å². The van der Waals surface area contributed by atoms with Crippen LogP contribution in [0.1, 0.15) is 26.5 Å². The molecular formula is C13H8BrN3O2S. The molecule has 0 aliphatic carbocycles. The molecule has 7 heteroatoms. The number of carbonyl (C=O) groups excluding carboxylic acids is 2. The Kier molecular flexibility index (Phi) is 3.45. The van der Waals surface area contributed by atoms with Gasteiger partial charge in [-0.3, -0.25) is 14.6 Å². The summed E-state index contributed by atoms with van der Waals surface area (Å²) in [4.78, 5) is 28.8. The summed E-state index contributed by atoms with van der Waals surface area (Å²) < 4.78 is 2.43. The molecule has 0 amide bonds. The highest BCUT2D eigenvalue weighted by atomic mass is 79.9. The second-order valence-electron chi connectivity index (χ2n) is 4.09. The van der Waals surface area contributed by atoms with Crippen LogP contribution in [0.4, 0.5) is 0 Å². The number of thiophene rings is 1. The van der Waals surface area contributed by atoms with Crippen LogP contribution in [-0.4, -0.2) is 26.2 Å². The van der Waals surface area contributed by atoms with Crippen molar-refractivity contribution in [2.75, 3.05) is 0 Å². The van der Waals surface area contributed by atoms with E-state index in [1.54, 1.807) is 35.2 Å². The van der Waals surface area contributed by atoms with Crippen molar-refractivity contribution in [1.29, 1.82) is 0 Å². The van der Waals surface area contributed by atoms with E-state index in [1.807, 2.05) is 0 Å². The van der Waals surface area contributed by atoms with Gasteiger partial charge in [0.25, 0.3) is 0 Å². The number of fused-ring (bicyclic) bond motifs is 1. The van der Waals surface area contributed by atoms with Crippen molar-refractivity contribution < 1.29 is 9.59 Å². The molecule has 0 aromatic carbocycles. The van der Waals surface area contributed by atoms with Crippen LogP contribution in [0.15, 0.2) is 40.7 Å². The zero-order chi connectivity index (χ0) is 14.1. The van der Waals surface area contributed by atoms with E-state index >= 15 is 0 Å². The third kappa shape index (κ3) is 2.41. The monoisotopic (exact) mass is 349 g/mol. The Morgan fingerprint density at radius 2 is 2.10 bits per heavy atom. The van der Waals surface area contributed by atoms with Gasteiger partial charge in [0.05, 0.1) is 38.6 Å². The molecule has 0 fully saturated rings. The van der Waals surface area contributed by atoms with E-state index in [9.17, 15) is 9.59 Å². The van der Waals surface area contributed by atoms with E-state index in [-0.39, 0.29) is 18.0 Å². The van der Waals surface area contributed by atoms with Gasteiger partial charge < -0.3 is 0 Å². The molecule has 3 heterocycles. The fourth-order valence-electron chi connectivity index (χ4n) is 1.84. The summed E-state index contributed by atoms with van der Waals surface area (Å²) in [6, 6.07) is 3.50. The lowest BCUT2D eigenvalue weighted by Crippen LogP contribution is -2.07. The fourth-order valence-corrected chi connectivity index (χ4v) is 3.17. The van der Waals surface area contributed by atoms with Crippen molar-refractivity contribution in [2.45, 2.75) is 6.42 Å². The second-order valence-corrected chi connectivity index (χ2v) is 6.55. The number of nitrogens with zero attached hydrogens (tertiary/aromatic N) is 3. The SMILES string of the molecule is O=C(CC(=O)c1cnn2ccncc12)c1ccc(Br)s1. The van der Waals surface area contributed by atoms with Crippen LogP contribution in [0.5, 0.6) is 0 Å². The molecule has 5 nitrogen and oxygen atoms in total. The number of hydrogen-bond acceptors (Lipinski definition) is 5. The number of carbonyl (C=O) groups is 2. The molecule has 100 valence electrons. The Bertz CT molecular complexity index is 809. The number of aromatic nitrogens is 3. The molecule has 0 bridgehead atoms. The quantitative estimate of drug-likeness (QED) is 0.536. The molecule has 0 saturated heterocycles. The molecule has 0 saturated carbocycles. The average Bonchev–Trinajstić information content (AvgIpc) is 3.04. The van der Waals surface area contributed by atoms with Crippen molar-refractivity contribution in [2.24, 2.45) is 0 Å². The molecule has 0 radical (unpaired) electrons. The molecular weight excluding hydrogens is 342 g/mol. The van der Waals surface area contributed by atoms with Gasteiger partial charge in [-0.1, -0.05) is 0 Å². The standard InChI is InChI=1S/C13H8BrN3O2S/c14-13-2-1-12(20-13)11(19)5-10(18)8-6-16-17-4-3-15-7-9(8)17/h1-4,6-7H,5H2. The third-order valence-electron chi connectivity index (χ3n) is 2.79. The summed E-state index contributed by atoms with van der Waals surface area (Å²) in [7, 11) is 0. The highest BCUT2D eigenvalue weighted by Crippen LogP contribution is 2.24. The summed E-state index contributed by atoms with van der Waals surface area (Å²) in [5.74, 6) is -0.434. The van der Waals surface area contributed by atoms with Gasteiger partial charge in [-0.25, -0.2) is 4.52 Å². The minimum absolute atomic E-state index is 0.163.